The minimum absolute atomic E-state index is 0.461. The summed E-state index contributed by atoms with van der Waals surface area (Å²) >= 11 is 0. The molecule has 146 valence electrons. The molecule has 0 amide bonds. The van der Waals surface area contributed by atoms with Gasteiger partial charge in [0.2, 0.25) is 17.2 Å². The van der Waals surface area contributed by atoms with Crippen LogP contribution in [0.15, 0.2) is 23.1 Å². The number of piperidine rings is 1. The van der Waals surface area contributed by atoms with Crippen molar-refractivity contribution in [2.45, 2.75) is 25.7 Å². The molecule has 0 aliphatic carbocycles. The van der Waals surface area contributed by atoms with E-state index in [9.17, 15) is 0 Å². The summed E-state index contributed by atoms with van der Waals surface area (Å²) in [6.07, 6.45) is 8.19. The monoisotopic (exact) mass is 381 g/mol. The molecule has 3 aromatic rings. The summed E-state index contributed by atoms with van der Waals surface area (Å²) in [6, 6.07) is 1.84. The fourth-order valence-corrected chi connectivity index (χ4v) is 3.93. The van der Waals surface area contributed by atoms with E-state index in [1.54, 1.807) is 12.4 Å². The third-order valence-corrected chi connectivity index (χ3v) is 5.36. The van der Waals surface area contributed by atoms with Gasteiger partial charge in [-0.15, -0.1) is 0 Å². The van der Waals surface area contributed by atoms with Crippen LogP contribution in [0.5, 0.6) is 0 Å². The lowest BCUT2D eigenvalue weighted by atomic mass is 10.1. The molecule has 28 heavy (non-hydrogen) atoms. The Morgan fingerprint density at radius 3 is 1.93 bits per heavy atom. The molecule has 0 saturated carbocycles. The quantitative estimate of drug-likeness (QED) is 0.663. The Bertz CT molecular complexity index is 925. The maximum absolute atomic E-state index is 4.86. The maximum atomic E-state index is 4.86. The standard InChI is InChI=1S/C18H23N9O/c1-2-8-25(9-3-1)16-17(22-15-14(21-16)23-28-24-15)26-10-5-11-27(13-12-26)18-19-6-4-7-20-18/h4,6-7H,1-3,5,8-13H2. The van der Waals surface area contributed by atoms with Crippen molar-refractivity contribution in [1.29, 1.82) is 0 Å². The van der Waals surface area contributed by atoms with E-state index < -0.39 is 0 Å². The Morgan fingerprint density at radius 2 is 1.21 bits per heavy atom. The minimum Gasteiger partial charge on any atom is -0.353 e. The summed E-state index contributed by atoms with van der Waals surface area (Å²) in [7, 11) is 0. The normalized spacial score (nSPS) is 18.5. The molecule has 0 radical (unpaired) electrons. The van der Waals surface area contributed by atoms with Gasteiger partial charge >= 0.3 is 0 Å². The molecule has 2 fully saturated rings. The molecule has 10 nitrogen and oxygen atoms in total. The summed E-state index contributed by atoms with van der Waals surface area (Å²) in [5.74, 6) is 2.55. The predicted molar refractivity (Wildman–Crippen MR) is 105 cm³/mol. The fourth-order valence-electron chi connectivity index (χ4n) is 3.93. The molecule has 2 aliphatic heterocycles. The fraction of sp³-hybridized carbons (Fsp3) is 0.556. The zero-order valence-electron chi connectivity index (χ0n) is 15.7. The van der Waals surface area contributed by atoms with Crippen molar-refractivity contribution < 1.29 is 4.63 Å². The molecule has 10 heteroatoms. The number of fused-ring (bicyclic) bond motifs is 1. The Labute approximate surface area is 162 Å². The highest BCUT2D eigenvalue weighted by Gasteiger charge is 2.26. The van der Waals surface area contributed by atoms with Crippen LogP contribution in [0.25, 0.3) is 11.3 Å². The van der Waals surface area contributed by atoms with E-state index >= 15 is 0 Å². The van der Waals surface area contributed by atoms with Gasteiger partial charge in [0.15, 0.2) is 11.6 Å². The lowest BCUT2D eigenvalue weighted by Gasteiger charge is -2.31. The molecule has 0 spiro atoms. The number of nitrogens with zero attached hydrogens (tertiary/aromatic N) is 9. The molecule has 0 N–H and O–H groups in total. The van der Waals surface area contributed by atoms with Crippen LogP contribution in [0, 0.1) is 0 Å². The molecule has 5 heterocycles. The van der Waals surface area contributed by atoms with Crippen molar-refractivity contribution >= 4 is 28.9 Å². The summed E-state index contributed by atoms with van der Waals surface area (Å²) in [4.78, 5) is 25.2. The average Bonchev–Trinajstić information content (AvgIpc) is 3.08. The second kappa shape index (κ2) is 7.53. The Kier molecular flexibility index (Phi) is 4.59. The van der Waals surface area contributed by atoms with Crippen LogP contribution in [0.2, 0.25) is 0 Å². The smallest absolute Gasteiger partial charge is 0.245 e. The van der Waals surface area contributed by atoms with Gasteiger partial charge in [0.25, 0.3) is 0 Å². The molecule has 3 aromatic heterocycles. The van der Waals surface area contributed by atoms with E-state index in [1.165, 1.54) is 19.3 Å². The predicted octanol–water partition coefficient (Wildman–Crippen LogP) is 1.51. The van der Waals surface area contributed by atoms with Crippen LogP contribution in [0.4, 0.5) is 17.6 Å². The zero-order valence-corrected chi connectivity index (χ0v) is 15.7. The van der Waals surface area contributed by atoms with Gasteiger partial charge in [-0.1, -0.05) is 0 Å². The number of hydrogen-bond donors (Lipinski definition) is 0. The highest BCUT2D eigenvalue weighted by atomic mass is 16.6. The van der Waals surface area contributed by atoms with Gasteiger partial charge < -0.3 is 14.7 Å². The summed E-state index contributed by atoms with van der Waals surface area (Å²) in [6.45, 7) is 5.47. The molecule has 2 saturated heterocycles. The molecule has 0 unspecified atom stereocenters. The van der Waals surface area contributed by atoms with E-state index in [4.69, 9.17) is 14.6 Å². The van der Waals surface area contributed by atoms with Crippen LogP contribution >= 0.6 is 0 Å². The minimum atomic E-state index is 0.461. The van der Waals surface area contributed by atoms with Gasteiger partial charge in [-0.3, -0.25) is 0 Å². The molecule has 5 rings (SSSR count). The van der Waals surface area contributed by atoms with Gasteiger partial charge in [0.05, 0.1) is 0 Å². The number of hydrogen-bond acceptors (Lipinski definition) is 10. The SMILES string of the molecule is c1cnc(N2CCCN(c3nc4nonc4nc3N3CCCCC3)CC2)nc1. The Balaban J connectivity index is 1.44. The lowest BCUT2D eigenvalue weighted by molar-refractivity contribution is 0.314. The largest absolute Gasteiger partial charge is 0.353 e. The number of anilines is 3. The molecular weight excluding hydrogens is 358 g/mol. The third kappa shape index (κ3) is 3.30. The molecule has 0 atom stereocenters. The molecular formula is C18H23N9O. The Morgan fingerprint density at radius 1 is 0.643 bits per heavy atom. The van der Waals surface area contributed by atoms with Crippen LogP contribution in [0.3, 0.4) is 0 Å². The van der Waals surface area contributed by atoms with Crippen LogP contribution in [0.1, 0.15) is 25.7 Å². The summed E-state index contributed by atoms with van der Waals surface area (Å²) in [5, 5.41) is 7.81. The van der Waals surface area contributed by atoms with Gasteiger partial charge in [-0.25, -0.2) is 24.6 Å². The second-order valence-electron chi connectivity index (χ2n) is 7.21. The number of rotatable bonds is 3. The highest BCUT2D eigenvalue weighted by molar-refractivity contribution is 5.74. The van der Waals surface area contributed by atoms with Gasteiger partial charge in [0, 0.05) is 51.7 Å². The topological polar surface area (TPSA) is 100 Å². The van der Waals surface area contributed by atoms with Crippen molar-refractivity contribution in [3.8, 4) is 0 Å². The van der Waals surface area contributed by atoms with Crippen molar-refractivity contribution in [3.05, 3.63) is 18.5 Å². The first kappa shape index (κ1) is 17.1. The van der Waals surface area contributed by atoms with Gasteiger partial charge in [0.1, 0.15) is 0 Å². The van der Waals surface area contributed by atoms with Crippen LogP contribution < -0.4 is 14.7 Å². The lowest BCUT2D eigenvalue weighted by Crippen LogP contribution is -2.36. The highest BCUT2D eigenvalue weighted by Crippen LogP contribution is 2.30. The van der Waals surface area contributed by atoms with E-state index in [2.05, 4.69) is 35.0 Å². The van der Waals surface area contributed by atoms with E-state index in [0.717, 1.165) is 63.3 Å². The number of aromatic nitrogens is 6. The molecule has 0 bridgehead atoms. The first-order valence-corrected chi connectivity index (χ1v) is 9.91. The molecule has 2 aliphatic rings. The van der Waals surface area contributed by atoms with Crippen molar-refractivity contribution in [2.24, 2.45) is 0 Å². The first-order valence-electron chi connectivity index (χ1n) is 9.91. The van der Waals surface area contributed by atoms with Crippen molar-refractivity contribution in [3.63, 3.8) is 0 Å². The Hall–Kier alpha value is -3.04. The van der Waals surface area contributed by atoms with Gasteiger partial charge in [-0.05, 0) is 42.1 Å². The third-order valence-electron chi connectivity index (χ3n) is 5.36. The van der Waals surface area contributed by atoms with Crippen molar-refractivity contribution in [2.75, 3.05) is 54.0 Å². The zero-order chi connectivity index (χ0) is 18.8. The average molecular weight is 381 g/mol. The maximum Gasteiger partial charge on any atom is 0.245 e. The second-order valence-corrected chi connectivity index (χ2v) is 7.21. The van der Waals surface area contributed by atoms with Crippen molar-refractivity contribution in [1.82, 2.24) is 30.2 Å². The van der Waals surface area contributed by atoms with E-state index in [1.807, 2.05) is 6.07 Å². The van der Waals surface area contributed by atoms with Crippen LogP contribution in [-0.2, 0) is 0 Å². The molecule has 0 aromatic carbocycles. The van der Waals surface area contributed by atoms with Gasteiger partial charge in [-0.2, -0.15) is 0 Å². The summed E-state index contributed by atoms with van der Waals surface area (Å²) in [5.41, 5.74) is 0.932. The van der Waals surface area contributed by atoms with Crippen LogP contribution in [-0.4, -0.2) is 69.5 Å². The van der Waals surface area contributed by atoms with E-state index in [-0.39, 0.29) is 0 Å². The van der Waals surface area contributed by atoms with E-state index in [0.29, 0.717) is 11.3 Å². The first-order chi connectivity index (χ1) is 13.9. The summed E-state index contributed by atoms with van der Waals surface area (Å²) < 4.78 is 4.86.